The van der Waals surface area contributed by atoms with Gasteiger partial charge in [-0.25, -0.2) is 0 Å². The monoisotopic (exact) mass is 953 g/mol. The van der Waals surface area contributed by atoms with Gasteiger partial charge in [0, 0.05) is 82.0 Å². The molecule has 0 aromatic carbocycles. The van der Waals surface area contributed by atoms with Crippen LogP contribution in [0.5, 0.6) is 0 Å². The summed E-state index contributed by atoms with van der Waals surface area (Å²) in [7, 11) is 9.47. The van der Waals surface area contributed by atoms with Crippen LogP contribution in [0.25, 0.3) is 0 Å². The van der Waals surface area contributed by atoms with Crippen molar-refractivity contribution in [3.8, 4) is 0 Å². The Balaban J connectivity index is -0.000000877. The number of halogens is 2. The van der Waals surface area contributed by atoms with Crippen LogP contribution in [0.15, 0.2) is 0 Å². The summed E-state index contributed by atoms with van der Waals surface area (Å²) >= 11 is -0.466. The molecule has 0 saturated carbocycles. The van der Waals surface area contributed by atoms with E-state index in [-0.39, 0.29) is 31.7 Å². The second-order valence-electron chi connectivity index (χ2n) is 16.8. The molecule has 2 N–H and O–H groups in total. The van der Waals surface area contributed by atoms with Crippen LogP contribution in [0.2, 0.25) is 0 Å². The zero-order chi connectivity index (χ0) is 40.5. The van der Waals surface area contributed by atoms with Gasteiger partial charge >= 0.3 is 46.8 Å². The number of unbranched alkanes of at least 4 members (excludes halogenated alkanes) is 22. The molecule has 0 aromatic heterocycles. The van der Waals surface area contributed by atoms with E-state index in [1.165, 1.54) is 141 Å². The van der Waals surface area contributed by atoms with Gasteiger partial charge in [0.05, 0.1) is 12.3 Å². The van der Waals surface area contributed by atoms with E-state index in [4.69, 9.17) is 29.4 Å². The first-order valence-corrected chi connectivity index (χ1v) is 37.1. The van der Waals surface area contributed by atoms with Crippen LogP contribution >= 0.6 is 50.9 Å². The number of aliphatic carboxylic acids is 2. The van der Waals surface area contributed by atoms with E-state index in [0.717, 1.165) is 37.0 Å². The van der Waals surface area contributed by atoms with Gasteiger partial charge in [-0.1, -0.05) is 128 Å². The molecule has 53 heavy (non-hydrogen) atoms. The van der Waals surface area contributed by atoms with Gasteiger partial charge in [0.1, 0.15) is 11.3 Å². The fraction of sp³-hybridized carbons (Fsp3) is 0.952. The second kappa shape index (κ2) is 46.6. The molecular formula is C42H92Cl2O4P4Tc+4. The van der Waals surface area contributed by atoms with Gasteiger partial charge in [-0.15, -0.1) is 0 Å². The average molecular weight is 955 g/mol. The van der Waals surface area contributed by atoms with Crippen LogP contribution in [-0.2, 0) is 25.3 Å². The van der Waals surface area contributed by atoms with Gasteiger partial charge in [0.2, 0.25) is 0 Å². The fourth-order valence-corrected chi connectivity index (χ4v) is 16.7. The third-order valence-corrected chi connectivity index (χ3v) is 18.0. The summed E-state index contributed by atoms with van der Waals surface area (Å²) in [6.45, 7) is 19.9. The molecule has 4 nitrogen and oxygen atoms in total. The Bertz CT molecular complexity index is 707. The van der Waals surface area contributed by atoms with Crippen molar-refractivity contribution in [3.05, 3.63) is 0 Å². The summed E-state index contributed by atoms with van der Waals surface area (Å²) in [5, 5.41) is 17.2. The molecule has 0 aliphatic carbocycles. The molecule has 2 atom stereocenters. The van der Waals surface area contributed by atoms with Crippen molar-refractivity contribution >= 4 is 62.8 Å². The molecule has 0 amide bonds. The summed E-state index contributed by atoms with van der Waals surface area (Å²) in [5.74, 6) is -1.30. The number of carboxylic acids is 2. The molecule has 0 bridgehead atoms. The van der Waals surface area contributed by atoms with Crippen LogP contribution in [0.1, 0.15) is 180 Å². The Kier molecular flexibility index (Phi) is 52.0. The summed E-state index contributed by atoms with van der Waals surface area (Å²) in [6.07, 6.45) is 38.3. The normalized spacial score (nSPS) is 12.5. The van der Waals surface area contributed by atoms with Crippen molar-refractivity contribution in [2.75, 3.05) is 65.6 Å². The first-order valence-electron chi connectivity index (χ1n) is 21.8. The van der Waals surface area contributed by atoms with Crippen LogP contribution in [0, 0.1) is 0 Å². The number of hydrogen-bond donors (Lipinski definition) is 2. The number of carboxylic acid groups (broad SMARTS) is 2. The van der Waals surface area contributed by atoms with Gasteiger partial charge in [-0.2, -0.15) is 0 Å². The van der Waals surface area contributed by atoms with Crippen molar-refractivity contribution in [2.24, 2.45) is 0 Å². The van der Waals surface area contributed by atoms with Gasteiger partial charge in [-0.05, 0) is 54.4 Å². The molecule has 0 aliphatic rings. The Morgan fingerprint density at radius 1 is 0.415 bits per heavy atom. The van der Waals surface area contributed by atoms with E-state index in [9.17, 15) is 9.59 Å². The number of hydrogen-bond acceptors (Lipinski definition) is 2. The Morgan fingerprint density at radius 3 is 0.774 bits per heavy atom. The average Bonchev–Trinajstić information content (AvgIpc) is 3.07. The molecule has 0 rings (SSSR count). The van der Waals surface area contributed by atoms with E-state index >= 15 is 0 Å². The molecule has 0 spiro atoms. The fourth-order valence-electron chi connectivity index (χ4n) is 7.04. The molecule has 11 heteroatoms. The third kappa shape index (κ3) is 53.9. The first-order chi connectivity index (χ1) is 25.3. The van der Waals surface area contributed by atoms with E-state index in [2.05, 4.69) is 53.3 Å². The third-order valence-electron chi connectivity index (χ3n) is 10.3. The molecule has 0 saturated heterocycles. The molecule has 0 radical (unpaired) electrons. The summed E-state index contributed by atoms with van der Waals surface area (Å²) < 4.78 is 0. The summed E-state index contributed by atoms with van der Waals surface area (Å²) in [4.78, 5) is 20.8. The summed E-state index contributed by atoms with van der Waals surface area (Å²) in [6, 6.07) is 0. The molecule has 321 valence electrons. The van der Waals surface area contributed by atoms with Gasteiger partial charge < -0.3 is 10.2 Å². The van der Waals surface area contributed by atoms with E-state index in [1.807, 2.05) is 0 Å². The number of carbonyl (C=O) groups is 2. The van der Waals surface area contributed by atoms with Gasteiger partial charge in [0.15, 0.2) is 0 Å². The Labute approximate surface area is 352 Å². The van der Waals surface area contributed by atoms with Crippen molar-refractivity contribution in [3.63, 3.8) is 0 Å². The van der Waals surface area contributed by atoms with Crippen molar-refractivity contribution in [2.45, 2.75) is 191 Å². The maximum atomic E-state index is 10.4. The standard InChI is InChI=1S/2C21H44O2P2.2ClH.Tc/c2*1-24(2)19-20(25(3)4)17-15-13-11-9-7-5-6-8-10-12-14-16-18-21(22)23;;;/h2*20H,5-19H2,1-4H3,(H,22,23);2*1H;/q;;;;+2/p+2/i;;;;1+1. The molecule has 0 aliphatic heterocycles. The van der Waals surface area contributed by atoms with E-state index in [0.29, 0.717) is 12.8 Å². The second-order valence-corrected chi connectivity index (χ2v) is 31.2. The van der Waals surface area contributed by atoms with Crippen molar-refractivity contribution in [1.82, 2.24) is 0 Å². The van der Waals surface area contributed by atoms with Gasteiger partial charge in [0.25, 0.3) is 0 Å². The topological polar surface area (TPSA) is 74.6 Å². The van der Waals surface area contributed by atoms with Crippen LogP contribution in [0.4, 0.5) is 0 Å². The van der Waals surface area contributed by atoms with Gasteiger partial charge in [-0.3, -0.25) is 9.59 Å². The zero-order valence-electron chi connectivity index (χ0n) is 36.2. The zero-order valence-corrected chi connectivity index (χ0v) is 43.6. The molecule has 2 unspecified atom stereocenters. The van der Waals surface area contributed by atoms with Crippen LogP contribution in [-0.4, -0.2) is 99.1 Å². The molecule has 0 fully saturated rings. The first kappa shape index (κ1) is 59.2. The molecular weight excluding hydrogens is 862 g/mol. The van der Waals surface area contributed by atoms with Crippen LogP contribution < -0.4 is 0 Å². The quantitative estimate of drug-likeness (QED) is 0.0485. The van der Waals surface area contributed by atoms with E-state index in [1.54, 1.807) is 12.3 Å². The summed E-state index contributed by atoms with van der Waals surface area (Å²) in [5.41, 5.74) is 2.15. The van der Waals surface area contributed by atoms with Crippen molar-refractivity contribution < 1.29 is 35.5 Å². The predicted molar refractivity (Wildman–Crippen MR) is 254 cm³/mol. The Morgan fingerprint density at radius 2 is 0.604 bits per heavy atom. The van der Waals surface area contributed by atoms with Crippen molar-refractivity contribution in [1.29, 1.82) is 0 Å². The molecule has 0 heterocycles. The van der Waals surface area contributed by atoms with E-state index < -0.39 is 27.6 Å². The molecule has 0 aromatic rings. The minimum absolute atomic E-state index is 0.0491. The maximum absolute atomic E-state index is 10.4. The predicted octanol–water partition coefficient (Wildman–Crippen LogP) is 15.1. The van der Waals surface area contributed by atoms with Crippen LogP contribution in [0.3, 0.4) is 0 Å². The number of rotatable bonds is 36. The Hall–Kier alpha value is 1.89. The SMILES string of the molecule is C[PH+](C)CC(CCCCCCCCCCCCCCC(=O)O)[PH+](C)C.C[PH+](C)CC(CCCCCCCCCCCCCCC(=O)O)[PH+](C)C.[Cl][99Tc][Cl]. The minimum atomic E-state index is -0.650.